The van der Waals surface area contributed by atoms with E-state index in [1.807, 2.05) is 6.34 Å². The Labute approximate surface area is 229 Å². The highest BCUT2D eigenvalue weighted by Crippen LogP contribution is 2.31. The van der Waals surface area contributed by atoms with Gasteiger partial charge in [-0.25, -0.2) is 15.0 Å². The van der Waals surface area contributed by atoms with Gasteiger partial charge >= 0.3 is 0 Å². The minimum atomic E-state index is 0.859. The van der Waals surface area contributed by atoms with Crippen LogP contribution >= 0.6 is 0 Å². The molecule has 3 aliphatic rings. The summed E-state index contributed by atoms with van der Waals surface area (Å²) in [7, 11) is 8.72. The molecule has 0 saturated carbocycles. The molecule has 0 bridgehead atoms. The number of fused-ring (bicyclic) bond motifs is 1. The van der Waals surface area contributed by atoms with Crippen LogP contribution in [-0.2, 0) is 0 Å². The molecule has 2 aromatic rings. The highest BCUT2D eigenvalue weighted by Gasteiger charge is 2.25. The zero-order valence-electron chi connectivity index (χ0n) is 24.0. The number of aliphatic imine (C=N–C) groups is 1. The number of hydrogen-bond donors (Lipinski definition) is 0. The fourth-order valence-electron chi connectivity index (χ4n) is 5.77. The molecule has 0 atom stereocenters. The summed E-state index contributed by atoms with van der Waals surface area (Å²) in [5.74, 6) is 2.94. The van der Waals surface area contributed by atoms with E-state index in [-0.39, 0.29) is 0 Å². The van der Waals surface area contributed by atoms with Crippen molar-refractivity contribution in [2.24, 2.45) is 10.9 Å². The molecule has 3 fully saturated rings. The summed E-state index contributed by atoms with van der Waals surface area (Å²) in [5.41, 5.74) is 2.84. The molecular formula is C29H47N9. The van der Waals surface area contributed by atoms with Crippen molar-refractivity contribution in [3.05, 3.63) is 18.2 Å². The molecule has 0 radical (unpaired) electrons. The van der Waals surface area contributed by atoms with E-state index in [4.69, 9.17) is 15.0 Å². The van der Waals surface area contributed by atoms with Gasteiger partial charge in [0.25, 0.3) is 0 Å². The molecule has 4 heterocycles. The molecule has 1 aromatic carbocycles. The zero-order valence-corrected chi connectivity index (χ0v) is 24.0. The molecule has 9 heteroatoms. The molecule has 5 rings (SSSR count). The first-order chi connectivity index (χ1) is 18.4. The molecule has 9 nitrogen and oxygen atoms in total. The summed E-state index contributed by atoms with van der Waals surface area (Å²) in [6.07, 6.45) is 7.23. The Balaban J connectivity index is 1.29. The van der Waals surface area contributed by atoms with Crippen molar-refractivity contribution in [2.75, 3.05) is 110 Å². The highest BCUT2D eigenvalue weighted by molar-refractivity contribution is 5.84. The summed E-state index contributed by atoms with van der Waals surface area (Å²) in [5, 5.41) is 0. The number of aromatic nitrogens is 2. The van der Waals surface area contributed by atoms with Gasteiger partial charge < -0.3 is 29.4 Å². The van der Waals surface area contributed by atoms with Gasteiger partial charge in [0.15, 0.2) is 11.6 Å². The van der Waals surface area contributed by atoms with E-state index in [1.165, 1.54) is 32.2 Å². The number of piperidine rings is 1. The third kappa shape index (κ3) is 6.93. The molecule has 3 saturated heterocycles. The number of likely N-dealkylation sites (N-methyl/N-ethyl adjacent to an activating group) is 2. The number of anilines is 2. The number of likely N-dealkylation sites (tertiary alicyclic amines) is 1. The van der Waals surface area contributed by atoms with Crippen molar-refractivity contribution in [1.82, 2.24) is 29.6 Å². The minimum absolute atomic E-state index is 0.859. The second-order valence-electron chi connectivity index (χ2n) is 11.8. The molecule has 208 valence electrons. The van der Waals surface area contributed by atoms with Crippen LogP contribution < -0.4 is 9.80 Å². The Morgan fingerprint density at radius 1 is 0.816 bits per heavy atom. The smallest absolute Gasteiger partial charge is 0.172 e. The van der Waals surface area contributed by atoms with Gasteiger partial charge in [-0.15, -0.1) is 0 Å². The van der Waals surface area contributed by atoms with Crippen LogP contribution in [0.1, 0.15) is 25.7 Å². The van der Waals surface area contributed by atoms with E-state index in [9.17, 15) is 0 Å². The zero-order chi connectivity index (χ0) is 26.5. The first kappa shape index (κ1) is 27.1. The molecule has 0 aliphatic carbocycles. The monoisotopic (exact) mass is 521 g/mol. The molecular weight excluding hydrogens is 474 g/mol. The van der Waals surface area contributed by atoms with E-state index in [0.29, 0.717) is 0 Å². The van der Waals surface area contributed by atoms with Crippen molar-refractivity contribution < 1.29 is 0 Å². The van der Waals surface area contributed by atoms with E-state index in [2.05, 4.69) is 75.8 Å². The standard InChI is InChI=1S/C29H47N9/c1-33(2)11-5-6-24-9-12-36(13-10-24)23-30-25-7-8-26-27(22-25)32-29(38-20-16-35(4)17-21-38)28(31-26)37-18-14-34(3)15-19-37/h7-8,22-24H,5-6,9-21H2,1-4H3. The maximum Gasteiger partial charge on any atom is 0.172 e. The highest BCUT2D eigenvalue weighted by atomic mass is 15.3. The molecule has 3 aliphatic heterocycles. The van der Waals surface area contributed by atoms with Gasteiger partial charge in [-0.1, -0.05) is 0 Å². The number of piperazine rings is 2. The van der Waals surface area contributed by atoms with Crippen LogP contribution in [0.4, 0.5) is 17.3 Å². The van der Waals surface area contributed by atoms with Crippen molar-refractivity contribution in [1.29, 1.82) is 0 Å². The van der Waals surface area contributed by atoms with E-state index < -0.39 is 0 Å². The lowest BCUT2D eigenvalue weighted by Crippen LogP contribution is -2.48. The van der Waals surface area contributed by atoms with Gasteiger partial charge in [0.2, 0.25) is 0 Å². The van der Waals surface area contributed by atoms with Crippen LogP contribution in [-0.4, -0.2) is 136 Å². The number of benzene rings is 1. The molecule has 1 aromatic heterocycles. The molecule has 0 unspecified atom stereocenters. The van der Waals surface area contributed by atoms with Gasteiger partial charge in [0.1, 0.15) is 0 Å². The summed E-state index contributed by atoms with van der Waals surface area (Å²) in [6, 6.07) is 6.30. The summed E-state index contributed by atoms with van der Waals surface area (Å²) in [4.78, 5) is 29.6. The summed E-state index contributed by atoms with van der Waals surface area (Å²) >= 11 is 0. The van der Waals surface area contributed by atoms with Crippen molar-refractivity contribution in [3.63, 3.8) is 0 Å². The van der Waals surface area contributed by atoms with E-state index in [1.54, 1.807) is 0 Å². The average molecular weight is 522 g/mol. The number of nitrogens with zero attached hydrogens (tertiary/aromatic N) is 9. The second-order valence-corrected chi connectivity index (χ2v) is 11.8. The molecule has 0 amide bonds. The van der Waals surface area contributed by atoms with Gasteiger partial charge in [-0.05, 0) is 84.5 Å². The van der Waals surface area contributed by atoms with Gasteiger partial charge in [-0.2, -0.15) is 0 Å². The van der Waals surface area contributed by atoms with Gasteiger partial charge in [0.05, 0.1) is 23.1 Å². The maximum atomic E-state index is 5.22. The Kier molecular flexibility index (Phi) is 8.97. The van der Waals surface area contributed by atoms with Gasteiger partial charge in [-0.3, -0.25) is 0 Å². The Hall–Kier alpha value is -2.49. The van der Waals surface area contributed by atoms with Crippen LogP contribution in [0.2, 0.25) is 0 Å². The summed E-state index contributed by atoms with van der Waals surface area (Å²) in [6.45, 7) is 11.6. The lowest BCUT2D eigenvalue weighted by molar-refractivity contribution is 0.250. The molecule has 0 N–H and O–H groups in total. The van der Waals surface area contributed by atoms with Crippen molar-refractivity contribution in [2.45, 2.75) is 25.7 Å². The van der Waals surface area contributed by atoms with Crippen LogP contribution in [0.15, 0.2) is 23.2 Å². The SMILES string of the molecule is CN(C)CCCC1CCN(C=Nc2ccc3nc(N4CCN(C)CC4)c(N4CCN(C)CC4)nc3c2)CC1. The normalized spacial score (nSPS) is 20.9. The fraction of sp³-hybridized carbons (Fsp3) is 0.690. The number of hydrogen-bond acceptors (Lipinski definition) is 8. The largest absolute Gasteiger partial charge is 0.363 e. The van der Waals surface area contributed by atoms with E-state index in [0.717, 1.165) is 99.7 Å². The third-order valence-corrected chi connectivity index (χ3v) is 8.45. The van der Waals surface area contributed by atoms with E-state index >= 15 is 0 Å². The molecule has 38 heavy (non-hydrogen) atoms. The quantitative estimate of drug-likeness (QED) is 0.388. The third-order valence-electron chi connectivity index (χ3n) is 8.45. The minimum Gasteiger partial charge on any atom is -0.363 e. The number of rotatable bonds is 8. The van der Waals surface area contributed by atoms with Gasteiger partial charge in [0, 0.05) is 65.4 Å². The van der Waals surface area contributed by atoms with Crippen LogP contribution in [0.25, 0.3) is 11.0 Å². The lowest BCUT2D eigenvalue weighted by Gasteiger charge is -2.38. The second kappa shape index (κ2) is 12.6. The average Bonchev–Trinajstić information content (AvgIpc) is 2.92. The lowest BCUT2D eigenvalue weighted by atomic mass is 9.92. The van der Waals surface area contributed by atoms with Crippen LogP contribution in [0, 0.1) is 5.92 Å². The van der Waals surface area contributed by atoms with Crippen LogP contribution in [0.5, 0.6) is 0 Å². The summed E-state index contributed by atoms with van der Waals surface area (Å²) < 4.78 is 0. The predicted molar refractivity (Wildman–Crippen MR) is 159 cm³/mol. The van der Waals surface area contributed by atoms with Crippen LogP contribution in [0.3, 0.4) is 0 Å². The van der Waals surface area contributed by atoms with Crippen molar-refractivity contribution >= 4 is 34.7 Å². The van der Waals surface area contributed by atoms with Crippen molar-refractivity contribution in [3.8, 4) is 0 Å². The topological polar surface area (TPSA) is 57.6 Å². The predicted octanol–water partition coefficient (Wildman–Crippen LogP) is 2.85. The first-order valence-electron chi connectivity index (χ1n) is 14.6. The Morgan fingerprint density at radius 3 is 1.97 bits per heavy atom. The first-order valence-corrected chi connectivity index (χ1v) is 14.6. The Bertz CT molecular complexity index is 1060. The Morgan fingerprint density at radius 2 is 1.39 bits per heavy atom. The molecule has 0 spiro atoms. The fourth-order valence-corrected chi connectivity index (χ4v) is 5.77. The maximum absolute atomic E-state index is 5.22.